The molecule has 0 unspecified atom stereocenters. The number of carboxylic acids is 1. The number of carbonyl (C=O) groups is 1. The molecule has 0 spiro atoms. The van der Waals surface area contributed by atoms with Crippen LogP contribution in [0.25, 0.3) is 0 Å². The molecule has 0 bridgehead atoms. The smallest absolute Gasteiger partial charge is 0.303 e. The first-order valence-electron chi connectivity index (χ1n) is 4.36. The third-order valence-electron chi connectivity index (χ3n) is 1.99. The SMILES string of the molecule is N[C@H](CCC(=O)O)c1ccc(O)cc1. The molecule has 14 heavy (non-hydrogen) atoms. The summed E-state index contributed by atoms with van der Waals surface area (Å²) in [5.74, 6) is -0.668. The van der Waals surface area contributed by atoms with E-state index in [1.165, 1.54) is 12.1 Å². The number of hydrogen-bond donors (Lipinski definition) is 3. The molecule has 1 aromatic carbocycles. The Morgan fingerprint density at radius 3 is 2.43 bits per heavy atom. The first-order valence-corrected chi connectivity index (χ1v) is 4.36. The maximum Gasteiger partial charge on any atom is 0.303 e. The quantitative estimate of drug-likeness (QED) is 0.675. The van der Waals surface area contributed by atoms with Gasteiger partial charge in [0.05, 0.1) is 0 Å². The minimum absolute atomic E-state index is 0.0576. The van der Waals surface area contributed by atoms with E-state index in [-0.39, 0.29) is 18.2 Å². The molecule has 4 heteroatoms. The van der Waals surface area contributed by atoms with Crippen molar-refractivity contribution in [3.63, 3.8) is 0 Å². The first kappa shape index (κ1) is 10.5. The van der Waals surface area contributed by atoms with Crippen molar-refractivity contribution in [2.24, 2.45) is 5.73 Å². The zero-order valence-corrected chi connectivity index (χ0v) is 7.68. The summed E-state index contributed by atoms with van der Waals surface area (Å²) in [6.07, 6.45) is 0.460. The van der Waals surface area contributed by atoms with Gasteiger partial charge in [-0.05, 0) is 24.1 Å². The fraction of sp³-hybridized carbons (Fsp3) is 0.300. The molecule has 1 rings (SSSR count). The highest BCUT2D eigenvalue weighted by molar-refractivity contribution is 5.66. The van der Waals surface area contributed by atoms with Gasteiger partial charge in [0.25, 0.3) is 0 Å². The molecule has 0 saturated carbocycles. The molecule has 0 aliphatic carbocycles. The third kappa shape index (κ3) is 3.06. The van der Waals surface area contributed by atoms with Crippen molar-refractivity contribution in [2.45, 2.75) is 18.9 Å². The lowest BCUT2D eigenvalue weighted by Gasteiger charge is -2.10. The van der Waals surface area contributed by atoms with E-state index in [4.69, 9.17) is 15.9 Å². The van der Waals surface area contributed by atoms with E-state index in [1.54, 1.807) is 12.1 Å². The standard InChI is InChI=1S/C10H13NO3/c11-9(5-6-10(13)14)7-1-3-8(12)4-2-7/h1-4,9,12H,5-6,11H2,(H,13,14)/t9-/m1/s1. The highest BCUT2D eigenvalue weighted by atomic mass is 16.4. The molecule has 0 saturated heterocycles. The maximum atomic E-state index is 10.3. The van der Waals surface area contributed by atoms with E-state index in [0.717, 1.165) is 5.56 Å². The Hall–Kier alpha value is -1.55. The number of hydrogen-bond acceptors (Lipinski definition) is 3. The first-order chi connectivity index (χ1) is 6.59. The Bertz CT molecular complexity index is 308. The van der Waals surface area contributed by atoms with Gasteiger partial charge in [-0.2, -0.15) is 0 Å². The Morgan fingerprint density at radius 1 is 1.36 bits per heavy atom. The van der Waals surface area contributed by atoms with Gasteiger partial charge in [0.15, 0.2) is 0 Å². The number of carboxylic acid groups (broad SMARTS) is 1. The fourth-order valence-corrected chi connectivity index (χ4v) is 1.17. The average Bonchev–Trinajstić information content (AvgIpc) is 2.15. The van der Waals surface area contributed by atoms with Crippen molar-refractivity contribution in [1.82, 2.24) is 0 Å². The van der Waals surface area contributed by atoms with Crippen LogP contribution in [-0.4, -0.2) is 16.2 Å². The van der Waals surface area contributed by atoms with Crippen LogP contribution in [0.4, 0.5) is 0 Å². The number of benzene rings is 1. The molecular formula is C10H13NO3. The summed E-state index contributed by atoms with van der Waals surface area (Å²) in [5, 5.41) is 17.5. The number of rotatable bonds is 4. The predicted octanol–water partition coefficient (Wildman–Crippen LogP) is 1.26. The van der Waals surface area contributed by atoms with E-state index in [0.29, 0.717) is 6.42 Å². The average molecular weight is 195 g/mol. The van der Waals surface area contributed by atoms with Crippen molar-refractivity contribution in [2.75, 3.05) is 0 Å². The van der Waals surface area contributed by atoms with E-state index >= 15 is 0 Å². The highest BCUT2D eigenvalue weighted by Gasteiger charge is 2.07. The van der Waals surface area contributed by atoms with Gasteiger partial charge < -0.3 is 15.9 Å². The summed E-state index contributed by atoms with van der Waals surface area (Å²) in [6.45, 7) is 0. The van der Waals surface area contributed by atoms with Crippen LogP contribution in [0.2, 0.25) is 0 Å². The van der Waals surface area contributed by atoms with Crippen LogP contribution >= 0.6 is 0 Å². The largest absolute Gasteiger partial charge is 0.508 e. The van der Waals surface area contributed by atoms with Gasteiger partial charge in [-0.1, -0.05) is 12.1 Å². The summed E-state index contributed by atoms with van der Waals surface area (Å²) in [4.78, 5) is 10.3. The van der Waals surface area contributed by atoms with Crippen molar-refractivity contribution in [1.29, 1.82) is 0 Å². The zero-order valence-electron chi connectivity index (χ0n) is 7.68. The molecule has 1 aromatic rings. The van der Waals surface area contributed by atoms with Crippen LogP contribution in [0.1, 0.15) is 24.4 Å². The lowest BCUT2D eigenvalue weighted by atomic mass is 10.0. The minimum atomic E-state index is -0.848. The second-order valence-corrected chi connectivity index (χ2v) is 3.13. The monoisotopic (exact) mass is 195 g/mol. The molecule has 4 N–H and O–H groups in total. The Kier molecular flexibility index (Phi) is 3.48. The highest BCUT2D eigenvalue weighted by Crippen LogP contribution is 2.18. The molecule has 0 radical (unpaired) electrons. The van der Waals surface area contributed by atoms with Crippen molar-refractivity contribution < 1.29 is 15.0 Å². The predicted molar refractivity (Wildman–Crippen MR) is 51.9 cm³/mol. The van der Waals surface area contributed by atoms with Crippen molar-refractivity contribution in [3.05, 3.63) is 29.8 Å². The normalized spacial score (nSPS) is 12.4. The number of nitrogens with two attached hydrogens (primary N) is 1. The second kappa shape index (κ2) is 4.62. The van der Waals surface area contributed by atoms with E-state index < -0.39 is 5.97 Å². The minimum Gasteiger partial charge on any atom is -0.508 e. The Labute approximate surface area is 82.0 Å². The second-order valence-electron chi connectivity index (χ2n) is 3.13. The third-order valence-corrected chi connectivity index (χ3v) is 1.99. The van der Waals surface area contributed by atoms with Crippen LogP contribution < -0.4 is 5.73 Å². The number of phenols is 1. The molecule has 4 nitrogen and oxygen atoms in total. The number of aromatic hydroxyl groups is 1. The zero-order chi connectivity index (χ0) is 10.6. The van der Waals surface area contributed by atoms with Crippen molar-refractivity contribution >= 4 is 5.97 Å². The topological polar surface area (TPSA) is 83.6 Å². The molecule has 0 aromatic heterocycles. The summed E-state index contributed by atoms with van der Waals surface area (Å²) >= 11 is 0. The summed E-state index contributed by atoms with van der Waals surface area (Å²) < 4.78 is 0. The molecule has 1 atom stereocenters. The number of aliphatic carboxylic acids is 1. The lowest BCUT2D eigenvalue weighted by Crippen LogP contribution is -2.11. The van der Waals surface area contributed by atoms with Crippen LogP contribution in [-0.2, 0) is 4.79 Å². The molecule has 0 amide bonds. The van der Waals surface area contributed by atoms with Gasteiger partial charge in [-0.3, -0.25) is 4.79 Å². The molecule has 76 valence electrons. The Morgan fingerprint density at radius 2 is 1.93 bits per heavy atom. The molecule has 0 aliphatic rings. The maximum absolute atomic E-state index is 10.3. The summed E-state index contributed by atoms with van der Waals surface area (Å²) in [5.41, 5.74) is 6.59. The van der Waals surface area contributed by atoms with Crippen LogP contribution in [0, 0.1) is 0 Å². The molecule has 0 aliphatic heterocycles. The Balaban J connectivity index is 2.56. The summed E-state index contributed by atoms with van der Waals surface area (Å²) in [6, 6.07) is 6.18. The molecular weight excluding hydrogens is 182 g/mol. The van der Waals surface area contributed by atoms with E-state index in [2.05, 4.69) is 0 Å². The van der Waals surface area contributed by atoms with Crippen LogP contribution in [0.3, 0.4) is 0 Å². The van der Waals surface area contributed by atoms with Crippen LogP contribution in [0.15, 0.2) is 24.3 Å². The number of phenolic OH excluding ortho intramolecular Hbond substituents is 1. The van der Waals surface area contributed by atoms with E-state index in [9.17, 15) is 4.79 Å². The summed E-state index contributed by atoms with van der Waals surface area (Å²) in [7, 11) is 0. The van der Waals surface area contributed by atoms with E-state index in [1.807, 2.05) is 0 Å². The fourth-order valence-electron chi connectivity index (χ4n) is 1.17. The van der Waals surface area contributed by atoms with Crippen LogP contribution in [0.5, 0.6) is 5.75 Å². The van der Waals surface area contributed by atoms with Gasteiger partial charge >= 0.3 is 5.97 Å². The molecule has 0 heterocycles. The molecule has 0 fully saturated rings. The van der Waals surface area contributed by atoms with Gasteiger partial charge in [0, 0.05) is 12.5 Å². The van der Waals surface area contributed by atoms with Gasteiger partial charge in [0.2, 0.25) is 0 Å². The van der Waals surface area contributed by atoms with Gasteiger partial charge in [-0.15, -0.1) is 0 Å². The van der Waals surface area contributed by atoms with Crippen molar-refractivity contribution in [3.8, 4) is 5.75 Å². The van der Waals surface area contributed by atoms with Gasteiger partial charge in [-0.25, -0.2) is 0 Å². The van der Waals surface area contributed by atoms with Gasteiger partial charge in [0.1, 0.15) is 5.75 Å². The lowest BCUT2D eigenvalue weighted by molar-refractivity contribution is -0.137.